The van der Waals surface area contributed by atoms with Crippen LogP contribution < -0.4 is 18.8 Å². The minimum absolute atomic E-state index is 0.000780. The topological polar surface area (TPSA) is 122 Å². The van der Waals surface area contributed by atoms with Crippen molar-refractivity contribution in [1.29, 1.82) is 5.26 Å². The SMILES string of the molecule is COC(=O)N1c2c(ccc(OC)c2OC)[C@@]23CCN4CCC[C@@]5(CC([Se]c6ccccc6)[C@@]12[C@](O)(C(=O)OC)C5)[C@]43C#N. The van der Waals surface area contributed by atoms with Gasteiger partial charge in [-0.15, -0.1) is 0 Å². The molecule has 43 heavy (non-hydrogen) atoms. The Morgan fingerprint density at radius 3 is 2.44 bits per heavy atom. The third-order valence-electron chi connectivity index (χ3n) is 11.2. The molecule has 8 rings (SSSR count). The number of fused-ring (bicyclic) bond motifs is 3. The molecule has 2 aromatic carbocycles. The summed E-state index contributed by atoms with van der Waals surface area (Å²) in [7, 11) is 5.59. The molecule has 0 aromatic heterocycles. The van der Waals surface area contributed by atoms with Crippen LogP contribution >= 0.6 is 0 Å². The van der Waals surface area contributed by atoms with Crippen molar-refractivity contribution < 1.29 is 33.6 Å². The van der Waals surface area contributed by atoms with Crippen LogP contribution in [0.4, 0.5) is 10.5 Å². The Labute approximate surface area is 257 Å². The zero-order chi connectivity index (χ0) is 30.4. The van der Waals surface area contributed by atoms with Gasteiger partial charge >= 0.3 is 257 Å². The number of rotatable bonds is 5. The summed E-state index contributed by atoms with van der Waals surface area (Å²) in [6.45, 7) is 1.31. The summed E-state index contributed by atoms with van der Waals surface area (Å²) in [5.41, 5.74) is -5.70. The van der Waals surface area contributed by atoms with Gasteiger partial charge in [0, 0.05) is 0 Å². The molecule has 1 N–H and O–H groups in total. The molecule has 6 aliphatic rings. The van der Waals surface area contributed by atoms with Gasteiger partial charge in [0.2, 0.25) is 0 Å². The summed E-state index contributed by atoms with van der Waals surface area (Å²) in [5.74, 6) is -0.119. The number of hydrogen-bond donors (Lipinski definition) is 1. The molecule has 3 aliphatic carbocycles. The molecule has 6 atom stereocenters. The molecule has 3 heterocycles. The molecule has 2 saturated heterocycles. The number of benzene rings is 2. The summed E-state index contributed by atoms with van der Waals surface area (Å²) in [5, 5.41) is 24.8. The van der Waals surface area contributed by atoms with Gasteiger partial charge in [0.15, 0.2) is 0 Å². The van der Waals surface area contributed by atoms with Crippen LogP contribution in [0.1, 0.15) is 37.7 Å². The molecular formula is C32H35N3O7Se. The van der Waals surface area contributed by atoms with Crippen LogP contribution in [0.15, 0.2) is 42.5 Å². The molecular weight excluding hydrogens is 617 g/mol. The predicted octanol–water partition coefficient (Wildman–Crippen LogP) is 2.54. The normalized spacial score (nSPS) is 36.7. The molecule has 11 heteroatoms. The Hall–Kier alpha value is -3.29. The number of piperidine rings is 1. The van der Waals surface area contributed by atoms with E-state index in [0.29, 0.717) is 48.6 Å². The number of amides is 1. The zero-order valence-electron chi connectivity index (χ0n) is 24.7. The van der Waals surface area contributed by atoms with E-state index in [9.17, 15) is 20.0 Å². The summed E-state index contributed by atoms with van der Waals surface area (Å²) in [6.07, 6.45) is 1.80. The third-order valence-corrected chi connectivity index (χ3v) is 14.0. The van der Waals surface area contributed by atoms with Crippen molar-refractivity contribution in [2.24, 2.45) is 5.41 Å². The summed E-state index contributed by atoms with van der Waals surface area (Å²) in [6, 6.07) is 16.5. The fraction of sp³-hybridized carbons (Fsp3) is 0.531. The van der Waals surface area contributed by atoms with Crippen molar-refractivity contribution in [2.75, 3.05) is 46.4 Å². The van der Waals surface area contributed by atoms with Gasteiger partial charge in [-0.05, 0) is 0 Å². The molecule has 3 spiro atoms. The van der Waals surface area contributed by atoms with Gasteiger partial charge in [0.05, 0.1) is 0 Å². The Kier molecular flexibility index (Phi) is 6.20. The van der Waals surface area contributed by atoms with E-state index in [1.165, 1.54) is 33.3 Å². The first-order valence-corrected chi connectivity index (χ1v) is 16.4. The van der Waals surface area contributed by atoms with Gasteiger partial charge in [-0.2, -0.15) is 0 Å². The quantitative estimate of drug-likeness (QED) is 0.384. The van der Waals surface area contributed by atoms with E-state index in [1.54, 1.807) is 6.07 Å². The number of aliphatic hydroxyl groups is 1. The molecule has 10 nitrogen and oxygen atoms in total. The Balaban J connectivity index is 1.69. The van der Waals surface area contributed by atoms with Crippen molar-refractivity contribution >= 4 is 37.2 Å². The van der Waals surface area contributed by atoms with Crippen LogP contribution in [0.5, 0.6) is 11.5 Å². The fourth-order valence-electron chi connectivity index (χ4n) is 10.3. The van der Waals surface area contributed by atoms with Crippen LogP contribution in [0.3, 0.4) is 0 Å². The first-order valence-electron chi connectivity index (χ1n) is 14.6. The van der Waals surface area contributed by atoms with Crippen LogP contribution in [0.2, 0.25) is 4.82 Å². The van der Waals surface area contributed by atoms with Gasteiger partial charge in [-0.1, -0.05) is 0 Å². The molecule has 3 saturated carbocycles. The Bertz CT molecular complexity index is 1570. The van der Waals surface area contributed by atoms with Crippen molar-refractivity contribution in [3.63, 3.8) is 0 Å². The number of ether oxygens (including phenoxy) is 4. The van der Waals surface area contributed by atoms with E-state index in [1.807, 2.05) is 36.4 Å². The monoisotopic (exact) mass is 653 g/mol. The standard InChI is InChI=1S/C32H35N3O7Se/c1-39-22-12-11-21-24(25(22)40-2)35(27(37)42-4)32-23(43-20-9-6-5-7-10-20)17-28(18-30(32,38)26(36)41-3)13-8-15-34-16-14-29(21,32)31(28,34)19-33/h5-7,9-12,23,38H,8,13-18H2,1-4H3/t23?,28-,29+,30+,31-,32+/m0/s1. The summed E-state index contributed by atoms with van der Waals surface area (Å²) in [4.78, 5) is 32.0. The second kappa shape index (κ2) is 9.35. The molecule has 1 unspecified atom stereocenters. The van der Waals surface area contributed by atoms with E-state index in [-0.39, 0.29) is 26.2 Å². The van der Waals surface area contributed by atoms with Crippen molar-refractivity contribution in [3.8, 4) is 17.6 Å². The molecule has 2 aromatic rings. The van der Waals surface area contributed by atoms with Gasteiger partial charge in [0.25, 0.3) is 0 Å². The number of nitriles is 1. The van der Waals surface area contributed by atoms with Crippen LogP contribution in [0, 0.1) is 16.7 Å². The molecule has 226 valence electrons. The van der Waals surface area contributed by atoms with Crippen molar-refractivity contribution in [1.82, 2.24) is 4.90 Å². The molecule has 3 aliphatic heterocycles. The summed E-state index contributed by atoms with van der Waals surface area (Å²) >= 11 is -0.332. The number of methoxy groups -OCH3 is 4. The molecule has 2 bridgehead atoms. The fourth-order valence-corrected chi connectivity index (χ4v) is 13.9. The van der Waals surface area contributed by atoms with E-state index in [2.05, 4.69) is 11.0 Å². The second-order valence-corrected chi connectivity index (χ2v) is 14.9. The Morgan fingerprint density at radius 2 is 1.79 bits per heavy atom. The van der Waals surface area contributed by atoms with E-state index < -0.39 is 39.6 Å². The number of hydrogen-bond acceptors (Lipinski definition) is 9. The predicted molar refractivity (Wildman–Crippen MR) is 157 cm³/mol. The maximum absolute atomic E-state index is 14.4. The minimum atomic E-state index is -2.15. The average molecular weight is 653 g/mol. The average Bonchev–Trinajstić information content (AvgIpc) is 3.53. The van der Waals surface area contributed by atoms with E-state index >= 15 is 0 Å². The number of esters is 1. The third kappa shape index (κ3) is 2.87. The maximum atomic E-state index is 14.4. The molecule has 1 amide bonds. The van der Waals surface area contributed by atoms with Gasteiger partial charge < -0.3 is 0 Å². The first-order chi connectivity index (χ1) is 20.7. The van der Waals surface area contributed by atoms with E-state index in [0.717, 1.165) is 17.4 Å². The molecule has 0 radical (unpaired) electrons. The van der Waals surface area contributed by atoms with Crippen LogP contribution in [-0.4, -0.2) is 95.2 Å². The number of nitrogens with zero attached hydrogens (tertiary/aromatic N) is 3. The zero-order valence-corrected chi connectivity index (χ0v) is 26.4. The number of carbonyl (C=O) groups excluding carboxylic acids is 2. The number of carbonyl (C=O) groups is 2. The van der Waals surface area contributed by atoms with Gasteiger partial charge in [-0.3, -0.25) is 0 Å². The van der Waals surface area contributed by atoms with Crippen molar-refractivity contribution in [2.45, 2.75) is 59.0 Å². The Morgan fingerprint density at radius 1 is 1.02 bits per heavy atom. The van der Waals surface area contributed by atoms with Crippen molar-refractivity contribution in [3.05, 3.63) is 48.0 Å². The van der Waals surface area contributed by atoms with Crippen LogP contribution in [-0.2, 0) is 19.7 Å². The van der Waals surface area contributed by atoms with Gasteiger partial charge in [-0.25, -0.2) is 0 Å². The first kappa shape index (κ1) is 28.5. The van der Waals surface area contributed by atoms with Crippen LogP contribution in [0.25, 0.3) is 0 Å². The summed E-state index contributed by atoms with van der Waals surface area (Å²) < 4.78 is 23.7. The van der Waals surface area contributed by atoms with E-state index in [4.69, 9.17) is 18.9 Å². The number of anilines is 1. The second-order valence-electron chi connectivity index (χ2n) is 12.3. The van der Waals surface area contributed by atoms with Gasteiger partial charge in [0.1, 0.15) is 0 Å². The molecule has 5 fully saturated rings.